The van der Waals surface area contributed by atoms with E-state index in [0.717, 1.165) is 11.8 Å². The van der Waals surface area contributed by atoms with E-state index in [1.807, 2.05) is 26.8 Å². The first-order valence-electron chi connectivity index (χ1n) is 7.59. The predicted octanol–water partition coefficient (Wildman–Crippen LogP) is 3.93. The Balaban J connectivity index is 1.75. The first-order valence-corrected chi connectivity index (χ1v) is 8.34. The van der Waals surface area contributed by atoms with Gasteiger partial charge in [0.25, 0.3) is 0 Å². The Labute approximate surface area is 145 Å². The van der Waals surface area contributed by atoms with E-state index >= 15 is 0 Å². The molecule has 1 heterocycles. The summed E-state index contributed by atoms with van der Waals surface area (Å²) in [4.78, 5) is 25.6. The number of likely N-dealkylation sites (tertiary alicyclic amines) is 1. The summed E-state index contributed by atoms with van der Waals surface area (Å²) in [6, 6.07) is 5.32. The second-order valence-corrected chi connectivity index (χ2v) is 8.09. The van der Waals surface area contributed by atoms with Gasteiger partial charge in [-0.15, -0.1) is 0 Å². The van der Waals surface area contributed by atoms with Gasteiger partial charge in [-0.1, -0.05) is 29.3 Å². The van der Waals surface area contributed by atoms with Crippen LogP contribution in [0.15, 0.2) is 18.2 Å². The van der Waals surface area contributed by atoms with Crippen LogP contribution in [-0.2, 0) is 14.9 Å². The second-order valence-electron chi connectivity index (χ2n) is 7.28. The molecule has 0 spiro atoms. The lowest BCUT2D eigenvalue weighted by molar-refractivity contribution is -0.110. The van der Waals surface area contributed by atoms with E-state index < -0.39 is 11.0 Å². The molecule has 23 heavy (non-hydrogen) atoms. The van der Waals surface area contributed by atoms with E-state index in [0.29, 0.717) is 23.1 Å². The van der Waals surface area contributed by atoms with Gasteiger partial charge in [0.05, 0.1) is 15.5 Å². The molecular weight excluding hydrogens is 337 g/mol. The number of aldehydes is 1. The standard InChI is InChI=1S/C17H19Cl2NO3/c1-16(2,3)23-15(22)20-7-11-12(8-20)17(11,9-21)10-4-5-13(18)14(19)6-10/h4-6,9,11-12H,7-8H2,1-3H3. The van der Waals surface area contributed by atoms with Gasteiger partial charge in [-0.3, -0.25) is 0 Å². The molecule has 1 aliphatic carbocycles. The number of hydrogen-bond acceptors (Lipinski definition) is 3. The van der Waals surface area contributed by atoms with Crippen molar-refractivity contribution in [3.8, 4) is 0 Å². The lowest BCUT2D eigenvalue weighted by Gasteiger charge is -2.27. The van der Waals surface area contributed by atoms with Crippen molar-refractivity contribution in [3.63, 3.8) is 0 Å². The minimum Gasteiger partial charge on any atom is -0.444 e. The number of ether oxygens (including phenoxy) is 1. The van der Waals surface area contributed by atoms with Gasteiger partial charge in [0.1, 0.15) is 11.9 Å². The van der Waals surface area contributed by atoms with Crippen molar-refractivity contribution in [3.05, 3.63) is 33.8 Å². The monoisotopic (exact) mass is 355 g/mol. The normalized spacial score (nSPS) is 29.2. The molecule has 2 aliphatic rings. The molecule has 1 saturated heterocycles. The highest BCUT2D eigenvalue weighted by atomic mass is 35.5. The van der Waals surface area contributed by atoms with Crippen LogP contribution < -0.4 is 0 Å². The van der Waals surface area contributed by atoms with E-state index in [-0.39, 0.29) is 17.9 Å². The maximum Gasteiger partial charge on any atom is 0.410 e. The Hall–Kier alpha value is -1.26. The Bertz CT molecular complexity index is 656. The van der Waals surface area contributed by atoms with Crippen molar-refractivity contribution in [1.29, 1.82) is 0 Å². The summed E-state index contributed by atoms with van der Waals surface area (Å²) >= 11 is 12.0. The third-order valence-corrected chi connectivity index (χ3v) is 5.44. The van der Waals surface area contributed by atoms with Crippen LogP contribution in [0.4, 0.5) is 4.79 Å². The molecule has 4 nitrogen and oxygen atoms in total. The lowest BCUT2D eigenvalue weighted by atomic mass is 9.92. The summed E-state index contributed by atoms with van der Waals surface area (Å²) in [5.41, 5.74) is -0.192. The van der Waals surface area contributed by atoms with Crippen LogP contribution in [0, 0.1) is 11.8 Å². The van der Waals surface area contributed by atoms with Gasteiger partial charge in [0.15, 0.2) is 0 Å². The maximum atomic E-state index is 12.1. The fraction of sp³-hybridized carbons (Fsp3) is 0.529. The summed E-state index contributed by atoms with van der Waals surface area (Å²) in [6.45, 7) is 6.57. The number of benzene rings is 1. The molecular formula is C17H19Cl2NO3. The molecule has 2 atom stereocenters. The minimum atomic E-state index is -0.549. The highest BCUT2D eigenvalue weighted by Crippen LogP contribution is 2.62. The Morgan fingerprint density at radius 1 is 1.26 bits per heavy atom. The van der Waals surface area contributed by atoms with Gasteiger partial charge < -0.3 is 14.4 Å². The van der Waals surface area contributed by atoms with Crippen molar-refractivity contribution >= 4 is 35.6 Å². The Morgan fingerprint density at radius 3 is 2.35 bits per heavy atom. The van der Waals surface area contributed by atoms with Gasteiger partial charge >= 0.3 is 6.09 Å². The van der Waals surface area contributed by atoms with Gasteiger partial charge in [0, 0.05) is 13.1 Å². The largest absolute Gasteiger partial charge is 0.444 e. The highest BCUT2D eigenvalue weighted by molar-refractivity contribution is 6.42. The van der Waals surface area contributed by atoms with Gasteiger partial charge in [-0.25, -0.2) is 4.79 Å². The quantitative estimate of drug-likeness (QED) is 0.755. The summed E-state index contributed by atoms with van der Waals surface area (Å²) in [6.07, 6.45) is 0.674. The van der Waals surface area contributed by atoms with Crippen LogP contribution in [0.1, 0.15) is 26.3 Å². The van der Waals surface area contributed by atoms with Crippen molar-refractivity contribution in [1.82, 2.24) is 4.90 Å². The van der Waals surface area contributed by atoms with Crippen LogP contribution in [0.3, 0.4) is 0 Å². The van der Waals surface area contributed by atoms with E-state index in [1.165, 1.54) is 0 Å². The number of carbonyl (C=O) groups excluding carboxylic acids is 2. The summed E-state index contributed by atoms with van der Waals surface area (Å²) < 4.78 is 5.39. The van der Waals surface area contributed by atoms with E-state index in [4.69, 9.17) is 27.9 Å². The second kappa shape index (κ2) is 5.38. The fourth-order valence-electron chi connectivity index (χ4n) is 3.58. The number of amides is 1. The molecule has 124 valence electrons. The first-order chi connectivity index (χ1) is 10.7. The van der Waals surface area contributed by atoms with E-state index in [1.54, 1.807) is 17.0 Å². The summed E-state index contributed by atoms with van der Waals surface area (Å²) in [5, 5.41) is 0.914. The van der Waals surface area contributed by atoms with Gasteiger partial charge in [-0.05, 0) is 50.3 Å². The fourth-order valence-corrected chi connectivity index (χ4v) is 3.88. The predicted molar refractivity (Wildman–Crippen MR) is 89.0 cm³/mol. The maximum absolute atomic E-state index is 12.1. The number of nitrogens with zero attached hydrogens (tertiary/aromatic N) is 1. The van der Waals surface area contributed by atoms with Crippen LogP contribution in [0.25, 0.3) is 0 Å². The molecule has 2 unspecified atom stereocenters. The Morgan fingerprint density at radius 2 is 1.87 bits per heavy atom. The van der Waals surface area contributed by atoms with Crippen molar-refractivity contribution in [2.75, 3.05) is 13.1 Å². The zero-order valence-corrected chi connectivity index (χ0v) is 14.8. The highest BCUT2D eigenvalue weighted by Gasteiger charge is 2.70. The molecule has 1 aromatic rings. The molecule has 1 aliphatic heterocycles. The number of halogens is 2. The lowest BCUT2D eigenvalue weighted by Crippen LogP contribution is -2.39. The van der Waals surface area contributed by atoms with Crippen molar-refractivity contribution in [2.45, 2.75) is 31.8 Å². The summed E-state index contributed by atoms with van der Waals surface area (Å²) in [5.74, 6) is 0.231. The number of rotatable bonds is 2. The first kappa shape index (κ1) is 16.6. The van der Waals surface area contributed by atoms with Crippen molar-refractivity contribution in [2.24, 2.45) is 11.8 Å². The molecule has 1 amide bonds. The van der Waals surface area contributed by atoms with Crippen LogP contribution >= 0.6 is 23.2 Å². The van der Waals surface area contributed by atoms with Crippen molar-refractivity contribution < 1.29 is 14.3 Å². The average molecular weight is 356 g/mol. The number of hydrogen-bond donors (Lipinski definition) is 0. The summed E-state index contributed by atoms with van der Waals surface area (Å²) in [7, 11) is 0. The molecule has 0 N–H and O–H groups in total. The number of carbonyl (C=O) groups is 2. The van der Waals surface area contributed by atoms with Crippen LogP contribution in [0.5, 0.6) is 0 Å². The van der Waals surface area contributed by atoms with E-state index in [9.17, 15) is 9.59 Å². The molecule has 0 bridgehead atoms. The SMILES string of the molecule is CC(C)(C)OC(=O)N1CC2C(C1)C2(C=O)c1ccc(Cl)c(Cl)c1. The third-order valence-electron chi connectivity index (χ3n) is 4.70. The van der Waals surface area contributed by atoms with Gasteiger partial charge in [0.2, 0.25) is 0 Å². The smallest absolute Gasteiger partial charge is 0.410 e. The molecule has 6 heteroatoms. The molecule has 1 saturated carbocycles. The molecule has 2 fully saturated rings. The Kier molecular flexibility index (Phi) is 3.88. The third kappa shape index (κ3) is 2.72. The zero-order chi connectivity index (χ0) is 17.0. The average Bonchev–Trinajstić information content (AvgIpc) is 2.84. The molecule has 0 radical (unpaired) electrons. The van der Waals surface area contributed by atoms with E-state index in [2.05, 4.69) is 0 Å². The van der Waals surface area contributed by atoms with Gasteiger partial charge in [-0.2, -0.15) is 0 Å². The number of fused-ring (bicyclic) bond motifs is 1. The molecule has 0 aromatic heterocycles. The molecule has 1 aromatic carbocycles. The zero-order valence-electron chi connectivity index (χ0n) is 13.3. The van der Waals surface area contributed by atoms with Crippen LogP contribution in [-0.4, -0.2) is 36.0 Å². The number of piperidine rings is 1. The van der Waals surface area contributed by atoms with Crippen LogP contribution in [0.2, 0.25) is 10.0 Å². The minimum absolute atomic E-state index is 0.116. The topological polar surface area (TPSA) is 46.6 Å². The molecule has 3 rings (SSSR count).